The van der Waals surface area contributed by atoms with Crippen LogP contribution in [0.1, 0.15) is 38.3 Å². The van der Waals surface area contributed by atoms with Crippen LogP contribution < -0.4 is 5.32 Å². The molecular formula is C23H28N4O4. The minimum atomic E-state index is -0.454. The lowest BCUT2D eigenvalue weighted by molar-refractivity contribution is -0.116. The van der Waals surface area contributed by atoms with Gasteiger partial charge in [0, 0.05) is 30.6 Å². The Hall–Kier alpha value is -2.71. The fourth-order valence-electron chi connectivity index (χ4n) is 4.87. The molecule has 0 bridgehead atoms. The number of anilines is 1. The molecule has 0 amide bonds. The number of ketones is 1. The average molecular weight is 425 g/mol. The molecule has 0 spiro atoms. The first-order chi connectivity index (χ1) is 15.0. The van der Waals surface area contributed by atoms with E-state index in [1.165, 1.54) is 12.2 Å². The Bertz CT molecular complexity index is 1050. The summed E-state index contributed by atoms with van der Waals surface area (Å²) in [6.07, 6.45) is 6.69. The number of oxazole rings is 1. The molecule has 0 radical (unpaired) electrons. The molecule has 8 nitrogen and oxygen atoms in total. The minimum absolute atomic E-state index is 0.0575. The third-order valence-corrected chi connectivity index (χ3v) is 6.63. The Balaban J connectivity index is 1.29. The lowest BCUT2D eigenvalue weighted by Crippen LogP contribution is -2.46. The van der Waals surface area contributed by atoms with E-state index in [0.29, 0.717) is 34.4 Å². The number of carbonyl (C=O) groups is 1. The van der Waals surface area contributed by atoms with E-state index in [9.17, 15) is 15.0 Å². The average Bonchev–Trinajstić information content (AvgIpc) is 3.12. The molecule has 31 heavy (non-hydrogen) atoms. The van der Waals surface area contributed by atoms with Crippen LogP contribution in [0, 0.1) is 11.8 Å². The maximum Gasteiger partial charge on any atom is 0.297 e. The van der Waals surface area contributed by atoms with Crippen LogP contribution in [0.25, 0.3) is 16.8 Å². The van der Waals surface area contributed by atoms with Crippen LogP contribution >= 0.6 is 0 Å². The van der Waals surface area contributed by atoms with Gasteiger partial charge in [-0.3, -0.25) is 4.79 Å². The maximum absolute atomic E-state index is 12.0. The predicted octanol–water partition coefficient (Wildman–Crippen LogP) is 2.91. The van der Waals surface area contributed by atoms with Gasteiger partial charge >= 0.3 is 0 Å². The predicted molar refractivity (Wildman–Crippen MR) is 116 cm³/mol. The van der Waals surface area contributed by atoms with Crippen molar-refractivity contribution < 1.29 is 19.4 Å². The number of fused-ring (bicyclic) bond motifs is 1. The molecule has 2 fully saturated rings. The largest absolute Gasteiger partial charge is 0.508 e. The van der Waals surface area contributed by atoms with Gasteiger partial charge in [-0.05, 0) is 62.4 Å². The van der Waals surface area contributed by atoms with Crippen LogP contribution in [0.3, 0.4) is 0 Å². The SMILES string of the molecule is CC1C(=O)C=CC(O)=C1c1ccc2oc(N[C@@H]3CCCN(CC4CC(O)C4)C3)nc2n1. The molecule has 2 aromatic heterocycles. The van der Waals surface area contributed by atoms with E-state index in [0.717, 1.165) is 45.3 Å². The number of hydrogen-bond acceptors (Lipinski definition) is 8. The first-order valence-corrected chi connectivity index (χ1v) is 11.1. The molecule has 2 atom stereocenters. The number of nitrogens with one attached hydrogen (secondary N) is 1. The number of pyridine rings is 1. The van der Waals surface area contributed by atoms with Crippen molar-refractivity contribution in [3.8, 4) is 0 Å². The molecule has 1 saturated heterocycles. The third kappa shape index (κ3) is 4.09. The van der Waals surface area contributed by atoms with E-state index in [2.05, 4.69) is 20.2 Å². The van der Waals surface area contributed by atoms with Gasteiger partial charge in [0.05, 0.1) is 11.8 Å². The van der Waals surface area contributed by atoms with Crippen molar-refractivity contribution in [2.24, 2.45) is 11.8 Å². The summed E-state index contributed by atoms with van der Waals surface area (Å²) in [4.78, 5) is 23.5. The van der Waals surface area contributed by atoms with Crippen molar-refractivity contribution in [1.29, 1.82) is 0 Å². The molecule has 8 heteroatoms. The smallest absolute Gasteiger partial charge is 0.297 e. The van der Waals surface area contributed by atoms with E-state index in [1.54, 1.807) is 19.1 Å². The van der Waals surface area contributed by atoms with E-state index in [1.807, 2.05) is 0 Å². The lowest BCUT2D eigenvalue weighted by atomic mass is 9.82. The summed E-state index contributed by atoms with van der Waals surface area (Å²) >= 11 is 0. The number of carbonyl (C=O) groups excluding carboxylic acids is 1. The molecule has 3 aliphatic rings. The van der Waals surface area contributed by atoms with Crippen molar-refractivity contribution >= 4 is 28.6 Å². The van der Waals surface area contributed by atoms with Gasteiger partial charge in [-0.1, -0.05) is 6.92 Å². The molecule has 5 rings (SSSR count). The number of likely N-dealkylation sites (tertiary alicyclic amines) is 1. The number of rotatable bonds is 5. The zero-order valence-electron chi connectivity index (χ0n) is 17.6. The van der Waals surface area contributed by atoms with Crippen molar-refractivity contribution in [3.63, 3.8) is 0 Å². The Morgan fingerprint density at radius 3 is 2.90 bits per heavy atom. The molecule has 0 aromatic carbocycles. The second kappa shape index (κ2) is 8.09. The fraction of sp³-hybridized carbons (Fsp3) is 0.522. The molecule has 1 saturated carbocycles. The highest BCUT2D eigenvalue weighted by Crippen LogP contribution is 2.32. The molecule has 2 aromatic rings. The van der Waals surface area contributed by atoms with Gasteiger partial charge in [0.2, 0.25) is 5.65 Å². The van der Waals surface area contributed by atoms with Crippen LogP contribution in [0.15, 0.2) is 34.5 Å². The van der Waals surface area contributed by atoms with Gasteiger partial charge in [-0.15, -0.1) is 0 Å². The molecule has 1 aliphatic heterocycles. The fourth-order valence-corrected chi connectivity index (χ4v) is 4.87. The van der Waals surface area contributed by atoms with E-state index >= 15 is 0 Å². The van der Waals surface area contributed by atoms with Crippen LogP contribution in [0.2, 0.25) is 0 Å². The van der Waals surface area contributed by atoms with Gasteiger partial charge in [-0.25, -0.2) is 4.98 Å². The van der Waals surface area contributed by atoms with Crippen LogP contribution in [0.4, 0.5) is 6.01 Å². The first kappa shape index (κ1) is 20.2. The number of aromatic nitrogens is 2. The zero-order valence-corrected chi connectivity index (χ0v) is 17.6. The summed E-state index contributed by atoms with van der Waals surface area (Å²) in [6, 6.07) is 4.22. The highest BCUT2D eigenvalue weighted by Gasteiger charge is 2.31. The van der Waals surface area contributed by atoms with Crippen LogP contribution in [-0.2, 0) is 4.79 Å². The first-order valence-electron chi connectivity index (χ1n) is 11.1. The standard InChI is InChI=1S/C23H28N4O4/c1-13-18(29)5-6-19(30)21(13)17-4-7-20-22(25-17)26-23(31-20)24-15-3-2-8-27(12-15)11-14-9-16(28)10-14/h4-7,13-16,28,30H,2-3,8-12H2,1H3,(H,24,25,26)/t13?,14?,15-,16?/m1/s1. The number of nitrogens with zero attached hydrogens (tertiary/aromatic N) is 3. The molecule has 164 valence electrons. The van der Waals surface area contributed by atoms with Crippen molar-refractivity contribution in [3.05, 3.63) is 35.7 Å². The Morgan fingerprint density at radius 2 is 2.10 bits per heavy atom. The molecule has 2 aliphatic carbocycles. The summed E-state index contributed by atoms with van der Waals surface area (Å²) in [5, 5.41) is 23.2. The van der Waals surface area contributed by atoms with E-state index in [4.69, 9.17) is 4.42 Å². The van der Waals surface area contributed by atoms with Crippen LogP contribution in [-0.4, -0.2) is 62.6 Å². The van der Waals surface area contributed by atoms with Crippen molar-refractivity contribution in [2.45, 2.75) is 44.8 Å². The number of hydrogen-bond donors (Lipinski definition) is 3. The summed E-state index contributed by atoms with van der Waals surface area (Å²) in [5.74, 6) is 0.150. The highest BCUT2D eigenvalue weighted by molar-refractivity contribution is 6.03. The van der Waals surface area contributed by atoms with Crippen LogP contribution in [0.5, 0.6) is 0 Å². The molecule has 3 N–H and O–H groups in total. The third-order valence-electron chi connectivity index (χ3n) is 6.63. The molecule has 3 heterocycles. The lowest BCUT2D eigenvalue weighted by Gasteiger charge is -2.39. The summed E-state index contributed by atoms with van der Waals surface area (Å²) in [5.41, 5.74) is 2.05. The van der Waals surface area contributed by atoms with Gasteiger partial charge in [-0.2, -0.15) is 4.98 Å². The minimum Gasteiger partial charge on any atom is -0.508 e. The summed E-state index contributed by atoms with van der Waals surface area (Å²) in [6.45, 7) is 4.82. The zero-order chi connectivity index (χ0) is 21.5. The molecular weight excluding hydrogens is 396 g/mol. The quantitative estimate of drug-likeness (QED) is 0.672. The number of aliphatic hydroxyl groups is 2. The Kier molecular flexibility index (Phi) is 5.27. The van der Waals surface area contributed by atoms with Gasteiger partial charge in [0.15, 0.2) is 11.4 Å². The topological polar surface area (TPSA) is 112 Å². The summed E-state index contributed by atoms with van der Waals surface area (Å²) in [7, 11) is 0. The maximum atomic E-state index is 12.0. The number of allylic oxidation sites excluding steroid dienone is 3. The number of aliphatic hydroxyl groups excluding tert-OH is 2. The Labute approximate surface area is 180 Å². The monoisotopic (exact) mass is 424 g/mol. The van der Waals surface area contributed by atoms with Gasteiger partial charge < -0.3 is 24.8 Å². The van der Waals surface area contributed by atoms with Gasteiger partial charge in [0.25, 0.3) is 6.01 Å². The Morgan fingerprint density at radius 1 is 1.26 bits per heavy atom. The van der Waals surface area contributed by atoms with Crippen molar-refractivity contribution in [1.82, 2.24) is 14.9 Å². The molecule has 1 unspecified atom stereocenters. The highest BCUT2D eigenvalue weighted by atomic mass is 16.4. The second-order valence-electron chi connectivity index (χ2n) is 9.03. The number of piperidine rings is 1. The second-order valence-corrected chi connectivity index (χ2v) is 9.03. The van der Waals surface area contributed by atoms with E-state index < -0.39 is 5.92 Å². The van der Waals surface area contributed by atoms with Crippen molar-refractivity contribution in [2.75, 3.05) is 25.0 Å². The normalized spacial score (nSPS) is 29.4. The van der Waals surface area contributed by atoms with Gasteiger partial charge in [0.1, 0.15) is 5.76 Å². The summed E-state index contributed by atoms with van der Waals surface area (Å²) < 4.78 is 5.85. The van der Waals surface area contributed by atoms with E-state index in [-0.39, 0.29) is 23.7 Å².